The molecule has 2 N–H and O–H groups in total. The molecule has 0 aromatic heterocycles. The fourth-order valence-corrected chi connectivity index (χ4v) is 2.44. The van der Waals surface area contributed by atoms with E-state index in [1.165, 1.54) is 6.07 Å². The van der Waals surface area contributed by atoms with Gasteiger partial charge in [-0.1, -0.05) is 29.8 Å². The van der Waals surface area contributed by atoms with Crippen molar-refractivity contribution in [3.8, 4) is 0 Å². The van der Waals surface area contributed by atoms with Crippen molar-refractivity contribution < 1.29 is 23.1 Å². The summed E-state index contributed by atoms with van der Waals surface area (Å²) in [7, 11) is 0. The van der Waals surface area contributed by atoms with Crippen LogP contribution in [0.1, 0.15) is 31.4 Å². The van der Waals surface area contributed by atoms with E-state index in [1.54, 1.807) is 0 Å². The molecule has 0 unspecified atom stereocenters. The van der Waals surface area contributed by atoms with Gasteiger partial charge in [0.05, 0.1) is 5.56 Å². The summed E-state index contributed by atoms with van der Waals surface area (Å²) in [6.45, 7) is 3.84. The molecule has 0 aliphatic carbocycles. The molecule has 3 nitrogen and oxygen atoms in total. The number of nitrogens with one attached hydrogen (secondary N) is 1. The summed E-state index contributed by atoms with van der Waals surface area (Å²) < 4.78 is 38.4. The van der Waals surface area contributed by atoms with E-state index >= 15 is 0 Å². The van der Waals surface area contributed by atoms with Gasteiger partial charge >= 0.3 is 12.1 Å². The van der Waals surface area contributed by atoms with Crippen LogP contribution in [0.5, 0.6) is 0 Å². The number of hydrogen-bond donors (Lipinski definition) is 2. The van der Waals surface area contributed by atoms with Gasteiger partial charge in [0.2, 0.25) is 0 Å². The molecule has 1 rings (SSSR count). The Hall–Kier alpha value is -1.08. The van der Waals surface area contributed by atoms with Crippen LogP contribution < -0.4 is 5.32 Å². The maximum Gasteiger partial charge on any atom is 0.416 e. The molecule has 0 radical (unpaired) electrons. The molecule has 0 fully saturated rings. The molecular weight excluding hydrogens is 351 g/mol. The van der Waals surface area contributed by atoms with Crippen LogP contribution in [0, 0.1) is 5.92 Å². The number of carboxylic acid groups (broad SMARTS) is 1. The molecular formula is C14H17BrF3NO2. The van der Waals surface area contributed by atoms with Crippen LogP contribution in [0.15, 0.2) is 22.7 Å². The lowest BCUT2D eigenvalue weighted by atomic mass is 10.0. The lowest BCUT2D eigenvalue weighted by Crippen LogP contribution is -2.37. The minimum atomic E-state index is -4.43. The summed E-state index contributed by atoms with van der Waals surface area (Å²) in [6.07, 6.45) is -4.02. The van der Waals surface area contributed by atoms with Crippen LogP contribution in [-0.4, -0.2) is 17.1 Å². The van der Waals surface area contributed by atoms with Crippen LogP contribution >= 0.6 is 15.9 Å². The minimum Gasteiger partial charge on any atom is -0.480 e. The van der Waals surface area contributed by atoms with E-state index in [9.17, 15) is 18.0 Å². The second kappa shape index (κ2) is 7.26. The quantitative estimate of drug-likeness (QED) is 0.796. The first-order valence-corrected chi connectivity index (χ1v) is 7.21. The maximum absolute atomic E-state index is 12.7. The van der Waals surface area contributed by atoms with Crippen LogP contribution in [0.4, 0.5) is 13.2 Å². The second-order valence-electron chi connectivity index (χ2n) is 5.25. The summed E-state index contributed by atoms with van der Waals surface area (Å²) in [6, 6.07) is 2.77. The van der Waals surface area contributed by atoms with Crippen LogP contribution in [0.25, 0.3) is 0 Å². The Morgan fingerprint density at radius 2 is 1.95 bits per heavy atom. The van der Waals surface area contributed by atoms with Gasteiger partial charge in [-0.25, -0.2) is 0 Å². The Balaban J connectivity index is 2.83. The van der Waals surface area contributed by atoms with Gasteiger partial charge in [0.1, 0.15) is 6.04 Å². The topological polar surface area (TPSA) is 49.3 Å². The van der Waals surface area contributed by atoms with E-state index in [1.807, 2.05) is 13.8 Å². The molecule has 0 amide bonds. The molecule has 0 saturated carbocycles. The van der Waals surface area contributed by atoms with Crippen molar-refractivity contribution in [2.24, 2.45) is 5.92 Å². The van der Waals surface area contributed by atoms with Crippen molar-refractivity contribution in [3.05, 3.63) is 33.8 Å². The third-order valence-electron chi connectivity index (χ3n) is 2.84. The SMILES string of the molecule is CC(C)C[C@H](NCc1cc(Br)cc(C(F)(F)F)c1)C(=O)O. The van der Waals surface area contributed by atoms with Crippen molar-refractivity contribution >= 4 is 21.9 Å². The monoisotopic (exact) mass is 367 g/mol. The molecule has 0 aliphatic rings. The Morgan fingerprint density at radius 1 is 1.33 bits per heavy atom. The molecule has 21 heavy (non-hydrogen) atoms. The van der Waals surface area contributed by atoms with Crippen molar-refractivity contribution in [1.29, 1.82) is 0 Å². The standard InChI is InChI=1S/C14H17BrF3NO2/c1-8(2)3-12(13(20)21)19-7-9-4-10(14(16,17)18)6-11(15)5-9/h4-6,8,12,19H,3,7H2,1-2H3,(H,20,21)/t12-/m0/s1. The lowest BCUT2D eigenvalue weighted by molar-refractivity contribution is -0.140. The molecule has 1 aromatic rings. The van der Waals surface area contributed by atoms with Gasteiger partial charge in [0, 0.05) is 11.0 Å². The molecule has 1 atom stereocenters. The van der Waals surface area contributed by atoms with Gasteiger partial charge in [0.25, 0.3) is 0 Å². The van der Waals surface area contributed by atoms with E-state index in [0.29, 0.717) is 16.5 Å². The maximum atomic E-state index is 12.7. The fraction of sp³-hybridized carbons (Fsp3) is 0.500. The summed E-state index contributed by atoms with van der Waals surface area (Å²) in [4.78, 5) is 11.1. The average molecular weight is 368 g/mol. The minimum absolute atomic E-state index is 0.0617. The summed E-state index contributed by atoms with van der Waals surface area (Å²) >= 11 is 3.04. The summed E-state index contributed by atoms with van der Waals surface area (Å²) in [5.74, 6) is -0.832. The third kappa shape index (κ3) is 6.05. The van der Waals surface area contributed by atoms with Crippen LogP contribution in [0.3, 0.4) is 0 Å². The van der Waals surface area contributed by atoms with E-state index in [0.717, 1.165) is 12.1 Å². The normalized spacial score (nSPS) is 13.5. The van der Waals surface area contributed by atoms with Crippen LogP contribution in [0.2, 0.25) is 0 Å². The van der Waals surface area contributed by atoms with Gasteiger partial charge in [-0.05, 0) is 36.1 Å². The van der Waals surface area contributed by atoms with Gasteiger partial charge in [-0.2, -0.15) is 13.2 Å². The Morgan fingerprint density at radius 3 is 2.43 bits per heavy atom. The third-order valence-corrected chi connectivity index (χ3v) is 3.30. The molecule has 118 valence electrons. The Bertz CT molecular complexity index is 503. The van der Waals surface area contributed by atoms with Gasteiger partial charge in [-0.15, -0.1) is 0 Å². The van der Waals surface area contributed by atoms with E-state index in [-0.39, 0.29) is 12.5 Å². The number of carbonyl (C=O) groups is 1. The Kier molecular flexibility index (Phi) is 6.22. The smallest absolute Gasteiger partial charge is 0.416 e. The summed E-state index contributed by atoms with van der Waals surface area (Å²) in [5.41, 5.74) is -0.379. The summed E-state index contributed by atoms with van der Waals surface area (Å²) in [5, 5.41) is 11.9. The highest BCUT2D eigenvalue weighted by Crippen LogP contribution is 2.32. The highest BCUT2D eigenvalue weighted by molar-refractivity contribution is 9.10. The fourth-order valence-electron chi connectivity index (χ4n) is 1.90. The number of alkyl halides is 3. The largest absolute Gasteiger partial charge is 0.480 e. The zero-order valence-corrected chi connectivity index (χ0v) is 13.3. The first-order valence-electron chi connectivity index (χ1n) is 6.42. The van der Waals surface area contributed by atoms with Crippen molar-refractivity contribution in [3.63, 3.8) is 0 Å². The molecule has 0 heterocycles. The number of rotatable bonds is 6. The molecule has 0 saturated heterocycles. The number of carboxylic acids is 1. The second-order valence-corrected chi connectivity index (χ2v) is 6.16. The molecule has 0 bridgehead atoms. The highest BCUT2D eigenvalue weighted by Gasteiger charge is 2.31. The first kappa shape index (κ1) is 18.0. The zero-order chi connectivity index (χ0) is 16.2. The van der Waals surface area contributed by atoms with Gasteiger partial charge in [-0.3, -0.25) is 4.79 Å². The van der Waals surface area contributed by atoms with Crippen LogP contribution in [-0.2, 0) is 17.5 Å². The Labute approximate surface area is 129 Å². The number of halogens is 4. The molecule has 1 aromatic carbocycles. The van der Waals surface area contributed by atoms with E-state index in [4.69, 9.17) is 5.11 Å². The first-order chi connectivity index (χ1) is 9.59. The van der Waals surface area contributed by atoms with Crippen molar-refractivity contribution in [2.45, 2.75) is 39.0 Å². The van der Waals surface area contributed by atoms with E-state index < -0.39 is 23.8 Å². The van der Waals surface area contributed by atoms with Gasteiger partial charge in [0.15, 0.2) is 0 Å². The number of hydrogen-bond acceptors (Lipinski definition) is 2. The highest BCUT2D eigenvalue weighted by atomic mass is 79.9. The predicted molar refractivity (Wildman–Crippen MR) is 76.9 cm³/mol. The molecule has 7 heteroatoms. The zero-order valence-electron chi connectivity index (χ0n) is 11.7. The predicted octanol–water partition coefficient (Wildman–Crippen LogP) is 4.06. The molecule has 0 aliphatic heterocycles. The van der Waals surface area contributed by atoms with Gasteiger partial charge < -0.3 is 10.4 Å². The average Bonchev–Trinajstić information content (AvgIpc) is 2.32. The van der Waals surface area contributed by atoms with Crippen molar-refractivity contribution in [1.82, 2.24) is 5.32 Å². The number of benzene rings is 1. The van der Waals surface area contributed by atoms with Crippen molar-refractivity contribution in [2.75, 3.05) is 0 Å². The lowest BCUT2D eigenvalue weighted by Gasteiger charge is -2.17. The number of aliphatic carboxylic acids is 1. The molecule has 0 spiro atoms. The van der Waals surface area contributed by atoms with E-state index in [2.05, 4.69) is 21.2 Å².